The van der Waals surface area contributed by atoms with Crippen molar-refractivity contribution in [2.45, 2.75) is 49.8 Å². The van der Waals surface area contributed by atoms with Gasteiger partial charge in [0, 0.05) is 52.0 Å². The van der Waals surface area contributed by atoms with Gasteiger partial charge in [-0.3, -0.25) is 4.40 Å². The molecule has 184 valence electrons. The Morgan fingerprint density at radius 1 is 1.18 bits per heavy atom. The van der Waals surface area contributed by atoms with Crippen molar-refractivity contribution in [1.82, 2.24) is 23.9 Å². The second kappa shape index (κ2) is 8.59. The Kier molecular flexibility index (Phi) is 6.21. The quantitative estimate of drug-likeness (QED) is 0.511. The van der Waals surface area contributed by atoms with Crippen molar-refractivity contribution in [2.75, 3.05) is 45.2 Å². The van der Waals surface area contributed by atoms with Gasteiger partial charge in [-0.2, -0.15) is 0 Å². The molecule has 1 N–H and O–H groups in total. The van der Waals surface area contributed by atoms with Gasteiger partial charge in [-0.25, -0.2) is 22.9 Å². The molecule has 9 nitrogen and oxygen atoms in total. The van der Waals surface area contributed by atoms with Gasteiger partial charge in [-0.1, -0.05) is 25.6 Å². The van der Waals surface area contributed by atoms with Gasteiger partial charge in [0.15, 0.2) is 5.65 Å². The molecule has 1 aliphatic carbocycles. The molecule has 0 spiro atoms. The summed E-state index contributed by atoms with van der Waals surface area (Å²) in [6.07, 6.45) is 5.01. The first kappa shape index (κ1) is 24.6. The van der Waals surface area contributed by atoms with Gasteiger partial charge in [0.05, 0.1) is 11.9 Å². The largest absolute Gasteiger partial charge is 0.365 e. The number of hydrogen-bond donors (Lipinski definition) is 1. The third kappa shape index (κ3) is 5.24. The van der Waals surface area contributed by atoms with E-state index in [9.17, 15) is 13.2 Å². The molecule has 2 aliphatic rings. The summed E-state index contributed by atoms with van der Waals surface area (Å²) < 4.78 is 31.2. The number of nitrogens with one attached hydrogen (secondary N) is 1. The second-order valence-electron chi connectivity index (χ2n) is 10.7. The zero-order valence-corrected chi connectivity index (χ0v) is 22.7. The number of pyridine rings is 1. The minimum absolute atomic E-state index is 0.0206. The minimum Gasteiger partial charge on any atom is -0.365 e. The molecular formula is C23H34N6O3SSi. The molecule has 34 heavy (non-hydrogen) atoms. The monoisotopic (exact) mass is 502 g/mol. The van der Waals surface area contributed by atoms with Crippen molar-refractivity contribution in [2.24, 2.45) is 0 Å². The van der Waals surface area contributed by atoms with E-state index in [1.54, 1.807) is 46.8 Å². The van der Waals surface area contributed by atoms with E-state index in [0.29, 0.717) is 37.5 Å². The van der Waals surface area contributed by atoms with Crippen LogP contribution >= 0.6 is 0 Å². The summed E-state index contributed by atoms with van der Waals surface area (Å²) in [5, 5.41) is 0. The predicted octanol–water partition coefficient (Wildman–Crippen LogP) is 2.20. The van der Waals surface area contributed by atoms with Crippen LogP contribution in [0.1, 0.15) is 25.5 Å². The summed E-state index contributed by atoms with van der Waals surface area (Å²) in [6.45, 7) is 10.7. The van der Waals surface area contributed by atoms with Gasteiger partial charge in [0.25, 0.3) is 0 Å². The summed E-state index contributed by atoms with van der Waals surface area (Å²) in [7, 11) is -1.86. The first-order valence-electron chi connectivity index (χ1n) is 11.6. The number of hydrogen-bond acceptors (Lipinski definition) is 5. The number of piperazine rings is 1. The van der Waals surface area contributed by atoms with Crippen LogP contribution in [0.4, 0.5) is 10.5 Å². The highest BCUT2D eigenvalue weighted by atomic mass is 32.2. The van der Waals surface area contributed by atoms with Crippen LogP contribution in [0, 0.1) is 11.5 Å². The fourth-order valence-corrected chi connectivity index (χ4v) is 5.85. The summed E-state index contributed by atoms with van der Waals surface area (Å²) in [4.78, 5) is 22.7. The maximum atomic E-state index is 13.3. The average Bonchev–Trinajstić information content (AvgIpc) is 3.32. The molecule has 1 saturated heterocycles. The third-order valence-corrected chi connectivity index (χ3v) is 8.57. The van der Waals surface area contributed by atoms with E-state index in [1.807, 2.05) is 6.92 Å². The van der Waals surface area contributed by atoms with Gasteiger partial charge < -0.3 is 14.7 Å². The lowest BCUT2D eigenvalue weighted by Crippen LogP contribution is -2.51. The molecule has 1 aliphatic heterocycles. The molecule has 0 unspecified atom stereocenters. The van der Waals surface area contributed by atoms with Crippen LogP contribution in [0.25, 0.3) is 5.65 Å². The maximum Gasteiger partial charge on any atom is 0.319 e. The van der Waals surface area contributed by atoms with E-state index in [1.165, 1.54) is 0 Å². The molecular weight excluding hydrogens is 468 g/mol. The second-order valence-corrected chi connectivity index (χ2v) is 17.1. The SMILES string of the molecule is CN(C)C(=O)N1CCN(c2cc(S(=O)(=O)NC3(C)CC3)cn3c(C#C[Si](C)(C)C)cnc23)CC1. The van der Waals surface area contributed by atoms with Crippen LogP contribution in [-0.2, 0) is 10.0 Å². The van der Waals surface area contributed by atoms with Gasteiger partial charge in [-0.15, -0.1) is 5.54 Å². The van der Waals surface area contributed by atoms with Crippen LogP contribution in [0.5, 0.6) is 0 Å². The van der Waals surface area contributed by atoms with Gasteiger partial charge in [0.1, 0.15) is 18.7 Å². The Hall–Kier alpha value is -2.55. The summed E-state index contributed by atoms with van der Waals surface area (Å²) >= 11 is 0. The van der Waals surface area contributed by atoms with Crippen molar-refractivity contribution < 1.29 is 13.2 Å². The lowest BCUT2D eigenvalue weighted by Gasteiger charge is -2.37. The fraction of sp³-hybridized carbons (Fsp3) is 0.565. The molecule has 2 aromatic rings. The molecule has 2 aromatic heterocycles. The number of nitrogens with zero attached hydrogens (tertiary/aromatic N) is 5. The van der Waals surface area contributed by atoms with Crippen LogP contribution in [0.3, 0.4) is 0 Å². The summed E-state index contributed by atoms with van der Waals surface area (Å²) in [5.41, 5.74) is 5.06. The molecule has 2 amide bonds. The van der Waals surface area contributed by atoms with Crippen molar-refractivity contribution in [3.8, 4) is 11.5 Å². The highest BCUT2D eigenvalue weighted by Crippen LogP contribution is 2.36. The third-order valence-electron chi connectivity index (χ3n) is 6.09. The topological polar surface area (TPSA) is 90.3 Å². The van der Waals surface area contributed by atoms with E-state index in [2.05, 4.69) is 45.7 Å². The molecule has 0 bridgehead atoms. The van der Waals surface area contributed by atoms with Crippen LogP contribution < -0.4 is 9.62 Å². The fourth-order valence-electron chi connectivity index (χ4n) is 3.86. The van der Waals surface area contributed by atoms with Crippen molar-refractivity contribution in [3.63, 3.8) is 0 Å². The highest BCUT2D eigenvalue weighted by Gasteiger charge is 2.41. The lowest BCUT2D eigenvalue weighted by atomic mass is 10.2. The number of fused-ring (bicyclic) bond motifs is 1. The number of anilines is 1. The van der Waals surface area contributed by atoms with Crippen LogP contribution in [-0.4, -0.2) is 87.5 Å². The number of carbonyl (C=O) groups is 1. The summed E-state index contributed by atoms with van der Waals surface area (Å²) in [5.74, 6) is 3.23. The molecule has 4 rings (SSSR count). The van der Waals surface area contributed by atoms with E-state index in [4.69, 9.17) is 0 Å². The molecule has 11 heteroatoms. The standard InChI is InChI=1S/C23H34N6O3SSi/c1-23(8-9-23)25-33(31,32)19-15-20(27-10-12-28(13-11-27)22(30)26(2)3)21-24-16-18(29(21)17-19)7-14-34(4,5)6/h15-17,25H,8-13H2,1-6H3. The van der Waals surface area contributed by atoms with E-state index in [-0.39, 0.29) is 16.5 Å². The number of urea groups is 1. The Morgan fingerprint density at radius 2 is 1.82 bits per heavy atom. The van der Waals surface area contributed by atoms with Crippen LogP contribution in [0.15, 0.2) is 23.4 Å². The normalized spacial score (nSPS) is 17.9. The number of amides is 2. The Morgan fingerprint density at radius 3 is 2.38 bits per heavy atom. The number of rotatable bonds is 4. The lowest BCUT2D eigenvalue weighted by molar-refractivity contribution is 0.168. The molecule has 2 fully saturated rings. The highest BCUT2D eigenvalue weighted by molar-refractivity contribution is 7.89. The predicted molar refractivity (Wildman–Crippen MR) is 136 cm³/mol. The zero-order chi connectivity index (χ0) is 24.9. The summed E-state index contributed by atoms with van der Waals surface area (Å²) in [6, 6.07) is 1.68. The Balaban J connectivity index is 1.75. The number of carbonyl (C=O) groups excluding carboxylic acids is 1. The number of imidazole rings is 1. The number of sulfonamides is 1. The van der Waals surface area contributed by atoms with E-state index < -0.39 is 18.1 Å². The van der Waals surface area contributed by atoms with Crippen molar-refractivity contribution >= 4 is 35.5 Å². The molecule has 3 heterocycles. The Bertz CT molecular complexity index is 1270. The maximum absolute atomic E-state index is 13.3. The molecule has 1 saturated carbocycles. The zero-order valence-electron chi connectivity index (χ0n) is 20.8. The first-order valence-corrected chi connectivity index (χ1v) is 16.6. The molecule has 0 atom stereocenters. The molecule has 0 aromatic carbocycles. The van der Waals surface area contributed by atoms with Gasteiger partial charge >= 0.3 is 6.03 Å². The average molecular weight is 503 g/mol. The first-order chi connectivity index (χ1) is 15.8. The smallest absolute Gasteiger partial charge is 0.319 e. The molecule has 0 radical (unpaired) electrons. The van der Waals surface area contributed by atoms with E-state index >= 15 is 0 Å². The van der Waals surface area contributed by atoms with Gasteiger partial charge in [0.2, 0.25) is 10.0 Å². The van der Waals surface area contributed by atoms with Crippen molar-refractivity contribution in [1.29, 1.82) is 0 Å². The minimum atomic E-state index is -3.72. The van der Waals surface area contributed by atoms with E-state index in [0.717, 1.165) is 18.5 Å². The number of aromatic nitrogens is 2. The van der Waals surface area contributed by atoms with Gasteiger partial charge in [-0.05, 0) is 25.8 Å². The Labute approximate surface area is 203 Å². The van der Waals surface area contributed by atoms with Crippen molar-refractivity contribution in [3.05, 3.63) is 24.2 Å². The van der Waals surface area contributed by atoms with Crippen LogP contribution in [0.2, 0.25) is 19.6 Å².